The number of furan rings is 1. The Kier molecular flexibility index (Phi) is 3.08. The molecule has 0 radical (unpaired) electrons. The summed E-state index contributed by atoms with van der Waals surface area (Å²) in [5.41, 5.74) is 0.160. The number of carbonyl (C=O) groups is 1. The number of rotatable bonds is 3. The van der Waals surface area contributed by atoms with E-state index in [1.54, 1.807) is 25.1 Å². The molecule has 4 nitrogen and oxygen atoms in total. The fraction of sp³-hybridized carbons (Fsp3) is 0.200. The van der Waals surface area contributed by atoms with Gasteiger partial charge in [-0.15, -0.1) is 0 Å². The third-order valence-corrected chi connectivity index (χ3v) is 1.80. The lowest BCUT2D eigenvalue weighted by atomic mass is 10.0. The van der Waals surface area contributed by atoms with Crippen LogP contribution in [0.3, 0.4) is 0 Å². The molecule has 0 bridgehead atoms. The molecule has 0 unspecified atom stereocenters. The van der Waals surface area contributed by atoms with Crippen molar-refractivity contribution >= 4 is 11.5 Å². The summed E-state index contributed by atoms with van der Waals surface area (Å²) in [4.78, 5) is 10.7. The molecule has 1 heterocycles. The first kappa shape index (κ1) is 10.1. The van der Waals surface area contributed by atoms with Crippen molar-refractivity contribution in [3.63, 3.8) is 0 Å². The molecule has 1 N–H and O–H groups in total. The van der Waals surface area contributed by atoms with Crippen LogP contribution in [0.2, 0.25) is 0 Å². The first-order chi connectivity index (χ1) is 6.70. The summed E-state index contributed by atoms with van der Waals surface area (Å²) in [6.45, 7) is 1.78. The second-order valence-corrected chi connectivity index (χ2v) is 2.60. The minimum absolute atomic E-state index is 0.262. The normalized spacial score (nSPS) is 11.7. The Hall–Kier alpha value is -2.02. The van der Waals surface area contributed by atoms with Gasteiger partial charge < -0.3 is 9.52 Å². The highest BCUT2D eigenvalue weighted by atomic mass is 16.4. The van der Waals surface area contributed by atoms with Crippen molar-refractivity contribution in [2.24, 2.45) is 0 Å². The van der Waals surface area contributed by atoms with Crippen LogP contribution in [-0.4, -0.2) is 11.1 Å². The Morgan fingerprint density at radius 2 is 2.43 bits per heavy atom. The molecule has 0 aromatic carbocycles. The number of nitrogens with zero attached hydrogens (tertiary/aromatic N) is 1. The molecule has 0 fully saturated rings. The van der Waals surface area contributed by atoms with Gasteiger partial charge in [-0.2, -0.15) is 5.26 Å². The van der Waals surface area contributed by atoms with Crippen molar-refractivity contribution in [2.45, 2.75) is 13.3 Å². The van der Waals surface area contributed by atoms with Crippen molar-refractivity contribution in [1.29, 1.82) is 5.26 Å². The molecule has 0 aliphatic heterocycles. The predicted molar refractivity (Wildman–Crippen MR) is 49.2 cm³/mol. The monoisotopic (exact) mass is 191 g/mol. The molecule has 0 aliphatic carbocycles. The van der Waals surface area contributed by atoms with Gasteiger partial charge in [0.25, 0.3) is 0 Å². The van der Waals surface area contributed by atoms with E-state index in [0.717, 1.165) is 0 Å². The zero-order chi connectivity index (χ0) is 10.6. The van der Waals surface area contributed by atoms with E-state index in [4.69, 9.17) is 14.8 Å². The van der Waals surface area contributed by atoms with Gasteiger partial charge in [0.1, 0.15) is 17.4 Å². The Bertz CT molecular complexity index is 396. The number of hydrogen-bond donors (Lipinski definition) is 1. The maximum atomic E-state index is 10.7. The maximum absolute atomic E-state index is 10.7. The smallest absolute Gasteiger partial charge is 0.346 e. The van der Waals surface area contributed by atoms with E-state index >= 15 is 0 Å². The van der Waals surface area contributed by atoms with Crippen LogP contribution >= 0.6 is 0 Å². The van der Waals surface area contributed by atoms with Crippen LogP contribution < -0.4 is 0 Å². The predicted octanol–water partition coefficient (Wildman–Crippen LogP) is 2.05. The van der Waals surface area contributed by atoms with Crippen LogP contribution in [-0.2, 0) is 4.79 Å². The highest BCUT2D eigenvalue weighted by molar-refractivity contribution is 5.99. The Morgan fingerprint density at radius 3 is 2.79 bits per heavy atom. The molecule has 1 rings (SSSR count). The number of carboxylic acid groups (broad SMARTS) is 1. The second-order valence-electron chi connectivity index (χ2n) is 2.60. The quantitative estimate of drug-likeness (QED) is 0.586. The van der Waals surface area contributed by atoms with E-state index in [1.807, 2.05) is 0 Å². The fourth-order valence-electron chi connectivity index (χ4n) is 1.17. The van der Waals surface area contributed by atoms with Crippen molar-refractivity contribution in [2.75, 3.05) is 0 Å². The topological polar surface area (TPSA) is 74.2 Å². The van der Waals surface area contributed by atoms with Crippen molar-refractivity contribution < 1.29 is 14.3 Å². The molecule has 72 valence electrons. The minimum atomic E-state index is -1.22. The SMILES string of the molecule is CCC(=C(C#N)C(=O)O)c1ccco1. The van der Waals surface area contributed by atoms with E-state index in [-0.39, 0.29) is 5.57 Å². The van der Waals surface area contributed by atoms with Gasteiger partial charge in [0.05, 0.1) is 6.26 Å². The summed E-state index contributed by atoms with van der Waals surface area (Å²) in [5.74, 6) is -0.785. The standard InChI is InChI=1S/C10H9NO3/c1-2-7(8(6-11)10(12)13)9-4-3-5-14-9/h3-5H,2H2,1H3,(H,12,13). The summed E-state index contributed by atoms with van der Waals surface area (Å²) < 4.78 is 5.05. The largest absolute Gasteiger partial charge is 0.477 e. The molecule has 1 aromatic rings. The lowest BCUT2D eigenvalue weighted by molar-refractivity contribution is -0.132. The van der Waals surface area contributed by atoms with Crippen molar-refractivity contribution in [1.82, 2.24) is 0 Å². The fourth-order valence-corrected chi connectivity index (χ4v) is 1.17. The first-order valence-corrected chi connectivity index (χ1v) is 4.11. The van der Waals surface area contributed by atoms with Crippen LogP contribution in [0.5, 0.6) is 0 Å². The molecule has 0 saturated heterocycles. The van der Waals surface area contributed by atoms with Gasteiger partial charge in [0.2, 0.25) is 0 Å². The summed E-state index contributed by atoms with van der Waals surface area (Å²) in [6, 6.07) is 4.95. The van der Waals surface area contributed by atoms with Gasteiger partial charge in [-0.05, 0) is 18.6 Å². The lowest BCUT2D eigenvalue weighted by Crippen LogP contribution is -2.01. The average molecular weight is 191 g/mol. The highest BCUT2D eigenvalue weighted by Crippen LogP contribution is 2.22. The average Bonchev–Trinajstić information content (AvgIpc) is 2.65. The Morgan fingerprint density at radius 1 is 1.71 bits per heavy atom. The van der Waals surface area contributed by atoms with E-state index in [2.05, 4.69) is 0 Å². The summed E-state index contributed by atoms with van der Waals surface area (Å²) in [5, 5.41) is 17.4. The van der Waals surface area contributed by atoms with Gasteiger partial charge in [0, 0.05) is 5.57 Å². The van der Waals surface area contributed by atoms with E-state index in [9.17, 15) is 4.79 Å². The summed E-state index contributed by atoms with van der Waals surface area (Å²) >= 11 is 0. The van der Waals surface area contributed by atoms with Crippen LogP contribution in [0.1, 0.15) is 19.1 Å². The van der Waals surface area contributed by atoms with Crippen LogP contribution in [0, 0.1) is 11.3 Å². The van der Waals surface area contributed by atoms with E-state index < -0.39 is 5.97 Å². The summed E-state index contributed by atoms with van der Waals surface area (Å²) in [7, 11) is 0. The number of allylic oxidation sites excluding steroid dienone is 1. The molecule has 0 saturated carbocycles. The van der Waals surface area contributed by atoms with Crippen LogP contribution in [0.25, 0.3) is 5.57 Å². The first-order valence-electron chi connectivity index (χ1n) is 4.11. The van der Waals surface area contributed by atoms with E-state index in [0.29, 0.717) is 17.8 Å². The number of nitriles is 1. The molecule has 0 atom stereocenters. The number of hydrogen-bond acceptors (Lipinski definition) is 3. The molecule has 0 spiro atoms. The van der Waals surface area contributed by atoms with Crippen LogP contribution in [0.4, 0.5) is 0 Å². The molecule has 0 amide bonds. The summed E-state index contributed by atoms with van der Waals surface area (Å²) in [6.07, 6.45) is 1.89. The van der Waals surface area contributed by atoms with Gasteiger partial charge in [-0.1, -0.05) is 6.92 Å². The third-order valence-electron chi connectivity index (χ3n) is 1.80. The Labute approximate surface area is 81.1 Å². The lowest BCUT2D eigenvalue weighted by Gasteiger charge is -2.00. The highest BCUT2D eigenvalue weighted by Gasteiger charge is 2.15. The molecule has 1 aromatic heterocycles. The van der Waals surface area contributed by atoms with Gasteiger partial charge in [-0.3, -0.25) is 0 Å². The molecule has 14 heavy (non-hydrogen) atoms. The zero-order valence-corrected chi connectivity index (χ0v) is 7.65. The second kappa shape index (κ2) is 4.28. The molecular weight excluding hydrogens is 182 g/mol. The molecular formula is C10H9NO3. The van der Waals surface area contributed by atoms with Gasteiger partial charge in [-0.25, -0.2) is 4.79 Å². The third kappa shape index (κ3) is 1.83. The minimum Gasteiger partial charge on any atom is -0.477 e. The maximum Gasteiger partial charge on any atom is 0.346 e. The van der Waals surface area contributed by atoms with Crippen LogP contribution in [0.15, 0.2) is 28.4 Å². The molecule has 4 heteroatoms. The van der Waals surface area contributed by atoms with Gasteiger partial charge >= 0.3 is 5.97 Å². The van der Waals surface area contributed by atoms with Crippen molar-refractivity contribution in [3.8, 4) is 6.07 Å². The number of aliphatic carboxylic acids is 1. The van der Waals surface area contributed by atoms with Crippen molar-refractivity contribution in [3.05, 3.63) is 29.7 Å². The molecule has 0 aliphatic rings. The number of carboxylic acids is 1. The van der Waals surface area contributed by atoms with E-state index in [1.165, 1.54) is 6.26 Å². The van der Waals surface area contributed by atoms with Gasteiger partial charge in [0.15, 0.2) is 0 Å². The zero-order valence-electron chi connectivity index (χ0n) is 7.65. The Balaban J connectivity index is 3.26.